The largest absolute Gasteiger partial charge is 0.394 e. The first-order chi connectivity index (χ1) is 13.5. The molecule has 0 amide bonds. The van der Waals surface area contributed by atoms with Crippen LogP contribution in [0, 0.1) is 5.82 Å². The van der Waals surface area contributed by atoms with E-state index >= 15 is 0 Å². The van der Waals surface area contributed by atoms with Gasteiger partial charge in [-0.15, -0.1) is 0 Å². The van der Waals surface area contributed by atoms with Crippen molar-refractivity contribution in [1.29, 1.82) is 0 Å². The Kier molecular flexibility index (Phi) is 5.13. The van der Waals surface area contributed by atoms with Crippen LogP contribution in [0.2, 0.25) is 5.02 Å². The molecule has 3 heterocycles. The summed E-state index contributed by atoms with van der Waals surface area (Å²) in [6.45, 7) is -0.101. The number of hydrogen-bond donors (Lipinski definition) is 4. The molecule has 1 saturated heterocycles. The van der Waals surface area contributed by atoms with Crippen LogP contribution in [0.3, 0.4) is 0 Å². The second kappa shape index (κ2) is 7.57. The predicted octanol–water partition coefficient (Wildman–Crippen LogP) is 0.842. The Hall–Kier alpha value is -2.37. The van der Waals surface area contributed by atoms with Gasteiger partial charge in [-0.25, -0.2) is 19.3 Å². The van der Waals surface area contributed by atoms with E-state index < -0.39 is 37.0 Å². The Bertz CT molecular complexity index is 1000. The van der Waals surface area contributed by atoms with Crippen molar-refractivity contribution in [1.82, 2.24) is 19.5 Å². The molecule has 1 aliphatic rings. The Morgan fingerprint density at radius 2 is 2.04 bits per heavy atom. The summed E-state index contributed by atoms with van der Waals surface area (Å²) in [5.41, 5.74) is 1.55. The van der Waals surface area contributed by atoms with E-state index in [1.807, 2.05) is 0 Å². The van der Waals surface area contributed by atoms with Crippen LogP contribution < -0.4 is 5.32 Å². The van der Waals surface area contributed by atoms with Crippen molar-refractivity contribution in [3.8, 4) is 0 Å². The Morgan fingerprint density at radius 1 is 1.21 bits per heavy atom. The molecule has 4 N–H and O–H groups in total. The molecule has 0 radical (unpaired) electrons. The number of benzene rings is 1. The number of ether oxygens (including phenoxy) is 1. The third kappa shape index (κ3) is 3.29. The molecule has 4 atom stereocenters. The SMILES string of the molecule is OC[C@H]1O[C@@H](n2cnc3c(NCc4ccc(F)c(Cl)c4)ncnc32)[C@H](O)[C@@H]1O. The zero-order chi connectivity index (χ0) is 19.8. The van der Waals surface area contributed by atoms with Gasteiger partial charge in [0, 0.05) is 6.54 Å². The highest BCUT2D eigenvalue weighted by molar-refractivity contribution is 6.30. The first-order valence-electron chi connectivity index (χ1n) is 8.47. The maximum Gasteiger partial charge on any atom is 0.167 e. The van der Waals surface area contributed by atoms with Gasteiger partial charge in [0.25, 0.3) is 0 Å². The van der Waals surface area contributed by atoms with Gasteiger partial charge in [-0.3, -0.25) is 4.57 Å². The first-order valence-corrected chi connectivity index (χ1v) is 8.85. The summed E-state index contributed by atoms with van der Waals surface area (Å²) >= 11 is 5.80. The van der Waals surface area contributed by atoms with Crippen LogP contribution in [-0.4, -0.2) is 59.8 Å². The van der Waals surface area contributed by atoms with Crippen LogP contribution in [0.1, 0.15) is 11.8 Å². The van der Waals surface area contributed by atoms with Gasteiger partial charge in [0.2, 0.25) is 0 Å². The molecule has 28 heavy (non-hydrogen) atoms. The number of aliphatic hydroxyl groups excluding tert-OH is 3. The molecule has 11 heteroatoms. The predicted molar refractivity (Wildman–Crippen MR) is 97.1 cm³/mol. The number of rotatable bonds is 5. The van der Waals surface area contributed by atoms with Crippen LogP contribution in [0.4, 0.5) is 10.2 Å². The van der Waals surface area contributed by atoms with Crippen molar-refractivity contribution in [3.05, 3.63) is 47.3 Å². The molecule has 2 aromatic heterocycles. The van der Waals surface area contributed by atoms with E-state index in [1.54, 1.807) is 6.07 Å². The molecule has 0 aliphatic carbocycles. The number of aliphatic hydroxyl groups is 3. The maximum atomic E-state index is 13.3. The Balaban J connectivity index is 1.59. The van der Waals surface area contributed by atoms with Gasteiger partial charge in [-0.2, -0.15) is 0 Å². The number of imidazole rings is 1. The van der Waals surface area contributed by atoms with Crippen molar-refractivity contribution in [2.75, 3.05) is 11.9 Å². The standard InChI is InChI=1S/C17H17ClFN5O4/c18-9-3-8(1-2-10(9)19)4-20-15-12-16(22-6-21-15)24(7-23-12)17-14(27)13(26)11(5-25)28-17/h1-3,6-7,11,13-14,17,25-27H,4-5H2,(H,20,21,22)/t11-,13-,14-,17-/m1/s1. The van der Waals surface area contributed by atoms with E-state index in [0.717, 1.165) is 5.56 Å². The van der Waals surface area contributed by atoms with Crippen molar-refractivity contribution in [2.45, 2.75) is 31.1 Å². The number of anilines is 1. The molecule has 1 aromatic carbocycles. The molecule has 4 rings (SSSR count). The van der Waals surface area contributed by atoms with Gasteiger partial charge in [0.05, 0.1) is 18.0 Å². The summed E-state index contributed by atoms with van der Waals surface area (Å²) in [6.07, 6.45) is -1.59. The normalized spacial score (nSPS) is 24.8. The van der Waals surface area contributed by atoms with E-state index in [9.17, 15) is 19.7 Å². The molecular formula is C17H17ClFN5O4. The Labute approximate surface area is 163 Å². The van der Waals surface area contributed by atoms with Crippen LogP contribution in [0.15, 0.2) is 30.9 Å². The first kappa shape index (κ1) is 19.0. The minimum atomic E-state index is -1.25. The average Bonchev–Trinajstić information content (AvgIpc) is 3.24. The number of aromatic nitrogens is 4. The van der Waals surface area contributed by atoms with Gasteiger partial charge in [-0.1, -0.05) is 17.7 Å². The zero-order valence-electron chi connectivity index (χ0n) is 14.4. The third-order valence-corrected chi connectivity index (χ3v) is 4.88. The molecule has 148 valence electrons. The number of fused-ring (bicyclic) bond motifs is 1. The van der Waals surface area contributed by atoms with E-state index in [-0.39, 0.29) is 5.02 Å². The fourth-order valence-corrected chi connectivity index (χ4v) is 3.32. The maximum absolute atomic E-state index is 13.3. The van der Waals surface area contributed by atoms with Gasteiger partial charge < -0.3 is 25.4 Å². The summed E-state index contributed by atoms with van der Waals surface area (Å²) in [5, 5.41) is 32.6. The quantitative estimate of drug-likeness (QED) is 0.488. The molecule has 0 unspecified atom stereocenters. The van der Waals surface area contributed by atoms with E-state index in [1.165, 1.54) is 29.4 Å². The number of hydrogen-bond acceptors (Lipinski definition) is 8. The molecule has 0 saturated carbocycles. The summed E-state index contributed by atoms with van der Waals surface area (Å²) in [7, 11) is 0. The molecule has 1 aliphatic heterocycles. The lowest BCUT2D eigenvalue weighted by Gasteiger charge is -2.16. The monoisotopic (exact) mass is 409 g/mol. The fraction of sp³-hybridized carbons (Fsp3) is 0.353. The van der Waals surface area contributed by atoms with Gasteiger partial charge in [-0.05, 0) is 17.7 Å². The minimum Gasteiger partial charge on any atom is -0.394 e. The molecular weight excluding hydrogens is 393 g/mol. The summed E-state index contributed by atoms with van der Waals surface area (Å²) < 4.78 is 20.3. The molecule has 0 bridgehead atoms. The van der Waals surface area contributed by atoms with Crippen molar-refractivity contribution in [2.24, 2.45) is 0 Å². The molecule has 3 aromatic rings. The highest BCUT2D eigenvalue weighted by atomic mass is 35.5. The number of halogens is 2. The fourth-order valence-electron chi connectivity index (χ4n) is 3.11. The van der Waals surface area contributed by atoms with Crippen molar-refractivity contribution >= 4 is 28.6 Å². The van der Waals surface area contributed by atoms with E-state index in [2.05, 4.69) is 20.3 Å². The lowest BCUT2D eigenvalue weighted by molar-refractivity contribution is -0.0511. The lowest BCUT2D eigenvalue weighted by Crippen LogP contribution is -2.33. The second-order valence-electron chi connectivity index (χ2n) is 6.38. The highest BCUT2D eigenvalue weighted by Gasteiger charge is 2.44. The molecule has 9 nitrogen and oxygen atoms in total. The van der Waals surface area contributed by atoms with Gasteiger partial charge >= 0.3 is 0 Å². The van der Waals surface area contributed by atoms with Crippen LogP contribution >= 0.6 is 11.6 Å². The van der Waals surface area contributed by atoms with E-state index in [0.29, 0.717) is 23.5 Å². The molecule has 0 spiro atoms. The summed E-state index contributed by atoms with van der Waals surface area (Å²) in [4.78, 5) is 12.6. The average molecular weight is 410 g/mol. The number of nitrogens with zero attached hydrogens (tertiary/aromatic N) is 4. The van der Waals surface area contributed by atoms with Gasteiger partial charge in [0.15, 0.2) is 23.2 Å². The van der Waals surface area contributed by atoms with E-state index in [4.69, 9.17) is 16.3 Å². The smallest absolute Gasteiger partial charge is 0.167 e. The highest BCUT2D eigenvalue weighted by Crippen LogP contribution is 2.32. The third-order valence-electron chi connectivity index (χ3n) is 4.59. The Morgan fingerprint density at radius 3 is 2.75 bits per heavy atom. The van der Waals surface area contributed by atoms with Crippen LogP contribution in [-0.2, 0) is 11.3 Å². The van der Waals surface area contributed by atoms with Gasteiger partial charge in [0.1, 0.15) is 30.5 Å². The lowest BCUT2D eigenvalue weighted by atomic mass is 10.1. The van der Waals surface area contributed by atoms with Crippen LogP contribution in [0.25, 0.3) is 11.2 Å². The van der Waals surface area contributed by atoms with Crippen LogP contribution in [0.5, 0.6) is 0 Å². The zero-order valence-corrected chi connectivity index (χ0v) is 15.2. The number of nitrogens with one attached hydrogen (secondary N) is 1. The molecule has 1 fully saturated rings. The second-order valence-corrected chi connectivity index (χ2v) is 6.78. The summed E-state index contributed by atoms with van der Waals surface area (Å²) in [5.74, 6) is -0.0666. The summed E-state index contributed by atoms with van der Waals surface area (Å²) in [6, 6.07) is 4.40. The van der Waals surface area contributed by atoms with Crippen molar-refractivity contribution in [3.63, 3.8) is 0 Å². The topological polar surface area (TPSA) is 126 Å². The van der Waals surface area contributed by atoms with Crippen molar-refractivity contribution < 1.29 is 24.4 Å². The minimum absolute atomic E-state index is 0.0285.